The van der Waals surface area contributed by atoms with Gasteiger partial charge < -0.3 is 5.32 Å². The molecule has 3 nitrogen and oxygen atoms in total. The van der Waals surface area contributed by atoms with Crippen molar-refractivity contribution in [3.63, 3.8) is 0 Å². The van der Waals surface area contributed by atoms with Crippen molar-refractivity contribution in [2.24, 2.45) is 23.2 Å². The summed E-state index contributed by atoms with van der Waals surface area (Å²) in [6, 6.07) is 14.7. The number of rotatable bonds is 7. The fourth-order valence-electron chi connectivity index (χ4n) is 6.53. The molecule has 0 radical (unpaired) electrons. The van der Waals surface area contributed by atoms with Crippen LogP contribution in [0.25, 0.3) is 0 Å². The molecule has 2 N–H and O–H groups in total. The Kier molecular flexibility index (Phi) is 5.02. The Labute approximate surface area is 171 Å². The summed E-state index contributed by atoms with van der Waals surface area (Å²) in [6.07, 6.45) is 8.38. The number of thiophene rings is 1. The molecular formula is C24H30N2OS. The third-order valence-corrected chi connectivity index (χ3v) is 8.19. The molecule has 4 fully saturated rings. The molecule has 2 aromatic rings. The number of nitrogens with one attached hydrogen (secondary N) is 2. The molecule has 4 heteroatoms. The molecule has 0 aliphatic heterocycles. The normalized spacial score (nSPS) is 31.6. The Morgan fingerprint density at radius 1 is 1.00 bits per heavy atom. The first-order valence-corrected chi connectivity index (χ1v) is 11.7. The highest BCUT2D eigenvalue weighted by molar-refractivity contribution is 7.10. The molecule has 1 aromatic carbocycles. The molecule has 4 aliphatic carbocycles. The number of benzene rings is 1. The predicted octanol–water partition coefficient (Wildman–Crippen LogP) is 4.76. The number of hydrogen-bond acceptors (Lipinski definition) is 3. The lowest BCUT2D eigenvalue weighted by Crippen LogP contribution is -2.52. The Hall–Kier alpha value is -1.65. The van der Waals surface area contributed by atoms with Crippen molar-refractivity contribution in [1.29, 1.82) is 0 Å². The third-order valence-electron chi connectivity index (χ3n) is 7.25. The second kappa shape index (κ2) is 7.64. The van der Waals surface area contributed by atoms with E-state index in [1.807, 2.05) is 6.07 Å². The van der Waals surface area contributed by atoms with E-state index in [0.717, 1.165) is 24.3 Å². The molecule has 4 bridgehead atoms. The zero-order chi connectivity index (χ0) is 19.0. The average Bonchev–Trinajstić information content (AvgIpc) is 3.21. The van der Waals surface area contributed by atoms with Crippen molar-refractivity contribution in [3.05, 3.63) is 58.3 Å². The van der Waals surface area contributed by atoms with E-state index in [9.17, 15) is 4.79 Å². The molecule has 28 heavy (non-hydrogen) atoms. The van der Waals surface area contributed by atoms with Crippen molar-refractivity contribution in [2.75, 3.05) is 13.1 Å². The van der Waals surface area contributed by atoms with Gasteiger partial charge in [0.15, 0.2) is 0 Å². The number of carbonyl (C=O) groups is 1. The SMILES string of the molecule is O=C(CN[C@@H](c1ccccc1)c1cccs1)NCC12CC3CC(CC(C3)C1)C2. The van der Waals surface area contributed by atoms with Crippen molar-refractivity contribution in [2.45, 2.75) is 44.6 Å². The van der Waals surface area contributed by atoms with Gasteiger partial charge in [-0.15, -0.1) is 11.3 Å². The van der Waals surface area contributed by atoms with Gasteiger partial charge in [0.25, 0.3) is 0 Å². The molecule has 0 saturated heterocycles. The van der Waals surface area contributed by atoms with E-state index in [1.165, 1.54) is 49.0 Å². The van der Waals surface area contributed by atoms with Crippen LogP contribution in [0.4, 0.5) is 0 Å². The van der Waals surface area contributed by atoms with Gasteiger partial charge in [-0.3, -0.25) is 10.1 Å². The molecule has 0 spiro atoms. The summed E-state index contributed by atoms with van der Waals surface area (Å²) in [6.45, 7) is 1.25. The summed E-state index contributed by atoms with van der Waals surface area (Å²) in [5.41, 5.74) is 1.61. The van der Waals surface area contributed by atoms with Gasteiger partial charge in [-0.2, -0.15) is 0 Å². The van der Waals surface area contributed by atoms with Crippen LogP contribution in [0.1, 0.15) is 55.0 Å². The van der Waals surface area contributed by atoms with Crippen molar-refractivity contribution >= 4 is 17.2 Å². The number of carbonyl (C=O) groups excluding carboxylic acids is 1. The monoisotopic (exact) mass is 394 g/mol. The lowest BCUT2D eigenvalue weighted by molar-refractivity contribution is -0.122. The van der Waals surface area contributed by atoms with Crippen molar-refractivity contribution in [1.82, 2.24) is 10.6 Å². The summed E-state index contributed by atoms with van der Waals surface area (Å²) in [4.78, 5) is 13.9. The predicted molar refractivity (Wildman–Crippen MR) is 114 cm³/mol. The standard InChI is InChI=1S/C24H30N2OS/c27-22(26-16-24-12-17-9-18(13-24)11-19(10-17)14-24)15-25-23(21-7-4-8-28-21)20-5-2-1-3-6-20/h1-8,17-19,23,25H,9-16H2,(H,26,27)/t17?,18?,19?,23-,24?/m0/s1. The van der Waals surface area contributed by atoms with E-state index < -0.39 is 0 Å². The minimum absolute atomic E-state index is 0.0755. The lowest BCUT2D eigenvalue weighted by atomic mass is 9.49. The van der Waals surface area contributed by atoms with Gasteiger partial charge in [0.1, 0.15) is 0 Å². The fraction of sp³-hybridized carbons (Fsp3) is 0.542. The van der Waals surface area contributed by atoms with Crippen LogP contribution in [-0.2, 0) is 4.79 Å². The summed E-state index contributed by atoms with van der Waals surface area (Å²) < 4.78 is 0. The maximum atomic E-state index is 12.7. The van der Waals surface area contributed by atoms with Gasteiger partial charge >= 0.3 is 0 Å². The maximum Gasteiger partial charge on any atom is 0.234 e. The van der Waals surface area contributed by atoms with Crippen LogP contribution in [0.5, 0.6) is 0 Å². The molecule has 0 unspecified atom stereocenters. The molecular weight excluding hydrogens is 364 g/mol. The van der Waals surface area contributed by atoms with Crippen LogP contribution in [0.15, 0.2) is 47.8 Å². The maximum absolute atomic E-state index is 12.7. The second-order valence-corrected chi connectivity index (χ2v) is 10.4. The van der Waals surface area contributed by atoms with E-state index in [0.29, 0.717) is 12.0 Å². The van der Waals surface area contributed by atoms with E-state index in [-0.39, 0.29) is 11.9 Å². The van der Waals surface area contributed by atoms with Gasteiger partial charge in [-0.05, 0) is 78.7 Å². The van der Waals surface area contributed by atoms with E-state index in [1.54, 1.807) is 11.3 Å². The second-order valence-electron chi connectivity index (χ2n) is 9.43. The van der Waals surface area contributed by atoms with E-state index >= 15 is 0 Å². The highest BCUT2D eigenvalue weighted by atomic mass is 32.1. The Morgan fingerprint density at radius 3 is 2.29 bits per heavy atom. The zero-order valence-electron chi connectivity index (χ0n) is 16.4. The van der Waals surface area contributed by atoms with Crippen LogP contribution in [0.3, 0.4) is 0 Å². The van der Waals surface area contributed by atoms with Crippen LogP contribution in [-0.4, -0.2) is 19.0 Å². The minimum atomic E-state index is 0.0755. The topological polar surface area (TPSA) is 41.1 Å². The van der Waals surface area contributed by atoms with Crippen LogP contribution in [0, 0.1) is 23.2 Å². The zero-order valence-corrected chi connectivity index (χ0v) is 17.2. The highest BCUT2D eigenvalue weighted by Gasteiger charge is 2.50. The van der Waals surface area contributed by atoms with Gasteiger partial charge in [-0.25, -0.2) is 0 Å². The largest absolute Gasteiger partial charge is 0.354 e. The first kappa shape index (κ1) is 18.4. The molecule has 4 aliphatic rings. The van der Waals surface area contributed by atoms with Crippen molar-refractivity contribution in [3.8, 4) is 0 Å². The fourth-order valence-corrected chi connectivity index (χ4v) is 7.36. The quantitative estimate of drug-likeness (QED) is 0.711. The Balaban J connectivity index is 1.19. The molecule has 148 valence electrons. The minimum Gasteiger partial charge on any atom is -0.354 e. The molecule has 4 saturated carbocycles. The van der Waals surface area contributed by atoms with Gasteiger partial charge in [0, 0.05) is 11.4 Å². The average molecular weight is 395 g/mol. The smallest absolute Gasteiger partial charge is 0.234 e. The Morgan fingerprint density at radius 2 is 1.68 bits per heavy atom. The third kappa shape index (κ3) is 3.77. The molecule has 1 heterocycles. The van der Waals surface area contributed by atoms with Crippen LogP contribution < -0.4 is 10.6 Å². The van der Waals surface area contributed by atoms with Crippen LogP contribution >= 0.6 is 11.3 Å². The molecule has 6 rings (SSSR count). The molecule has 1 aromatic heterocycles. The van der Waals surface area contributed by atoms with Crippen molar-refractivity contribution < 1.29 is 4.79 Å². The van der Waals surface area contributed by atoms with Gasteiger partial charge in [0.2, 0.25) is 5.91 Å². The summed E-state index contributed by atoms with van der Waals surface area (Å²) in [5, 5.41) is 8.89. The number of amides is 1. The molecule has 1 atom stereocenters. The first-order valence-electron chi connectivity index (χ1n) is 10.8. The van der Waals surface area contributed by atoms with Crippen LogP contribution in [0.2, 0.25) is 0 Å². The van der Waals surface area contributed by atoms with E-state index in [4.69, 9.17) is 0 Å². The Bertz CT molecular complexity index is 766. The van der Waals surface area contributed by atoms with Gasteiger partial charge in [0.05, 0.1) is 12.6 Å². The van der Waals surface area contributed by atoms with E-state index in [2.05, 4.69) is 52.4 Å². The highest BCUT2D eigenvalue weighted by Crippen LogP contribution is 2.59. The molecule has 1 amide bonds. The number of hydrogen-bond donors (Lipinski definition) is 2. The first-order chi connectivity index (χ1) is 13.7. The summed E-state index contributed by atoms with van der Waals surface area (Å²) in [7, 11) is 0. The summed E-state index contributed by atoms with van der Waals surface area (Å²) in [5.74, 6) is 2.93. The summed E-state index contributed by atoms with van der Waals surface area (Å²) >= 11 is 1.74. The lowest BCUT2D eigenvalue weighted by Gasteiger charge is -2.56. The van der Waals surface area contributed by atoms with Gasteiger partial charge in [-0.1, -0.05) is 36.4 Å².